The molecule has 3 aromatic heterocycles. The Morgan fingerprint density at radius 3 is 2.42 bits per heavy atom. The predicted octanol–water partition coefficient (Wildman–Crippen LogP) is 2.16. The van der Waals surface area contributed by atoms with E-state index in [9.17, 15) is 9.59 Å². The zero-order valence-corrected chi connectivity index (χ0v) is 14.4. The van der Waals surface area contributed by atoms with Crippen molar-refractivity contribution in [3.05, 3.63) is 63.6 Å². The van der Waals surface area contributed by atoms with Crippen molar-refractivity contribution in [2.75, 3.05) is 7.11 Å². The summed E-state index contributed by atoms with van der Waals surface area (Å²) in [6, 6.07) is 9.09. The van der Waals surface area contributed by atoms with E-state index in [0.717, 1.165) is 11.3 Å². The Bertz CT molecular complexity index is 1180. The number of aromatic nitrogens is 5. The third-order valence-electron chi connectivity index (χ3n) is 3.76. The maximum absolute atomic E-state index is 12.4. The number of hydrogen-bond donors (Lipinski definition) is 3. The van der Waals surface area contributed by atoms with Gasteiger partial charge in [0.25, 0.3) is 5.56 Å². The maximum Gasteiger partial charge on any atom is 0.327 e. The Hall–Kier alpha value is -3.33. The predicted molar refractivity (Wildman–Crippen MR) is 97.7 cm³/mol. The first-order chi connectivity index (χ1) is 12.7. The first kappa shape index (κ1) is 16.2. The van der Waals surface area contributed by atoms with Crippen LogP contribution in [0.15, 0.2) is 62.4 Å². The molecule has 0 saturated heterocycles. The quantitative estimate of drug-likeness (QED) is 0.476. The van der Waals surface area contributed by atoms with Crippen molar-refractivity contribution in [1.29, 1.82) is 0 Å². The number of rotatable bonds is 4. The number of aromatic amines is 3. The molecule has 0 unspecified atom stereocenters. The second kappa shape index (κ2) is 6.52. The zero-order chi connectivity index (χ0) is 18.1. The Labute approximate surface area is 150 Å². The summed E-state index contributed by atoms with van der Waals surface area (Å²) in [6.45, 7) is 0. The van der Waals surface area contributed by atoms with Crippen LogP contribution in [-0.4, -0.2) is 32.0 Å². The van der Waals surface area contributed by atoms with Gasteiger partial charge >= 0.3 is 5.69 Å². The van der Waals surface area contributed by atoms with Crippen molar-refractivity contribution in [3.8, 4) is 17.0 Å². The molecule has 0 amide bonds. The minimum atomic E-state index is -0.572. The molecule has 3 N–H and O–H groups in total. The largest absolute Gasteiger partial charge is 0.497 e. The van der Waals surface area contributed by atoms with Gasteiger partial charge in [0.15, 0.2) is 5.16 Å². The van der Waals surface area contributed by atoms with Gasteiger partial charge in [0.05, 0.1) is 23.1 Å². The van der Waals surface area contributed by atoms with E-state index in [1.807, 2.05) is 24.3 Å². The topological polar surface area (TPSA) is 117 Å². The van der Waals surface area contributed by atoms with E-state index in [1.165, 1.54) is 11.8 Å². The van der Waals surface area contributed by atoms with E-state index in [4.69, 9.17) is 4.74 Å². The lowest BCUT2D eigenvalue weighted by atomic mass is 10.1. The van der Waals surface area contributed by atoms with Gasteiger partial charge in [0.1, 0.15) is 11.4 Å². The van der Waals surface area contributed by atoms with Crippen LogP contribution < -0.4 is 16.0 Å². The number of ether oxygens (including phenoxy) is 1. The number of hydrogen-bond acceptors (Lipinski definition) is 6. The summed E-state index contributed by atoms with van der Waals surface area (Å²) in [5.74, 6) is 0.719. The molecule has 0 fully saturated rings. The average molecular weight is 367 g/mol. The zero-order valence-electron chi connectivity index (χ0n) is 13.6. The minimum absolute atomic E-state index is 0.350. The van der Waals surface area contributed by atoms with Gasteiger partial charge in [-0.2, -0.15) is 0 Å². The van der Waals surface area contributed by atoms with Gasteiger partial charge in [-0.3, -0.25) is 14.8 Å². The number of nitrogens with zero attached hydrogens (tertiary/aromatic N) is 2. The van der Waals surface area contributed by atoms with Crippen molar-refractivity contribution in [3.63, 3.8) is 0 Å². The molecule has 0 aliphatic carbocycles. The molecule has 0 aliphatic heterocycles. The second-order valence-electron chi connectivity index (χ2n) is 5.35. The van der Waals surface area contributed by atoms with Crippen molar-refractivity contribution in [2.24, 2.45) is 0 Å². The van der Waals surface area contributed by atoms with Crippen LogP contribution in [0, 0.1) is 0 Å². The standard InChI is InChI=1S/C17H13N5O3S/c1-25-10-5-3-9(4-6-10)12-13(26-17-18-7-2-8-19-17)11-14(20-12)21-16(24)22-15(11)23/h2-8H,1H3,(H3,20,21,22,23,24). The molecule has 8 nitrogen and oxygen atoms in total. The molecule has 9 heteroatoms. The molecule has 3 heterocycles. The van der Waals surface area contributed by atoms with E-state index in [0.29, 0.717) is 26.8 Å². The average Bonchev–Trinajstić information content (AvgIpc) is 3.01. The molecule has 4 aromatic rings. The highest BCUT2D eigenvalue weighted by Gasteiger charge is 2.19. The van der Waals surface area contributed by atoms with Crippen LogP contribution >= 0.6 is 11.8 Å². The molecular weight excluding hydrogens is 354 g/mol. The second-order valence-corrected chi connectivity index (χ2v) is 6.33. The summed E-state index contributed by atoms with van der Waals surface area (Å²) in [7, 11) is 1.59. The summed E-state index contributed by atoms with van der Waals surface area (Å²) < 4.78 is 5.19. The van der Waals surface area contributed by atoms with Crippen LogP contribution in [-0.2, 0) is 0 Å². The highest BCUT2D eigenvalue weighted by molar-refractivity contribution is 7.99. The van der Waals surface area contributed by atoms with Crippen molar-refractivity contribution < 1.29 is 4.74 Å². The number of H-pyrrole nitrogens is 3. The van der Waals surface area contributed by atoms with Crippen LogP contribution in [0.5, 0.6) is 5.75 Å². The number of methoxy groups -OCH3 is 1. The third kappa shape index (κ3) is 2.88. The SMILES string of the molecule is COc1ccc(-c2[nH]c3[nH]c(=O)[nH]c(=O)c3c2Sc2ncccn2)cc1. The fraction of sp³-hybridized carbons (Fsp3) is 0.0588. The summed E-state index contributed by atoms with van der Waals surface area (Å²) in [5.41, 5.74) is 0.826. The summed E-state index contributed by atoms with van der Waals surface area (Å²) in [5, 5.41) is 0.849. The lowest BCUT2D eigenvalue weighted by Gasteiger charge is -2.05. The molecule has 0 atom stereocenters. The number of fused-ring (bicyclic) bond motifs is 1. The van der Waals surface area contributed by atoms with Gasteiger partial charge in [0, 0.05) is 12.4 Å². The van der Waals surface area contributed by atoms with E-state index in [1.54, 1.807) is 25.6 Å². The molecular formula is C17H13N5O3S. The summed E-state index contributed by atoms with van der Waals surface area (Å²) in [6.07, 6.45) is 3.26. The molecule has 0 aliphatic rings. The number of benzene rings is 1. The first-order valence-corrected chi connectivity index (χ1v) is 8.45. The number of nitrogens with one attached hydrogen (secondary N) is 3. The van der Waals surface area contributed by atoms with E-state index >= 15 is 0 Å². The highest BCUT2D eigenvalue weighted by Crippen LogP contribution is 2.38. The van der Waals surface area contributed by atoms with Gasteiger partial charge in [-0.25, -0.2) is 14.8 Å². The van der Waals surface area contributed by atoms with Crippen molar-refractivity contribution in [2.45, 2.75) is 10.1 Å². The van der Waals surface area contributed by atoms with Gasteiger partial charge in [-0.15, -0.1) is 0 Å². The summed E-state index contributed by atoms with van der Waals surface area (Å²) in [4.78, 5) is 41.1. The monoisotopic (exact) mass is 367 g/mol. The Morgan fingerprint density at radius 1 is 1.00 bits per heavy atom. The van der Waals surface area contributed by atoms with Crippen LogP contribution in [0.25, 0.3) is 22.3 Å². The molecule has 0 bridgehead atoms. The van der Waals surface area contributed by atoms with Gasteiger partial charge < -0.3 is 9.72 Å². The fourth-order valence-electron chi connectivity index (χ4n) is 2.60. The van der Waals surface area contributed by atoms with Gasteiger partial charge in [0.2, 0.25) is 0 Å². The highest BCUT2D eigenvalue weighted by atomic mass is 32.2. The smallest absolute Gasteiger partial charge is 0.327 e. The van der Waals surface area contributed by atoms with Crippen molar-refractivity contribution >= 4 is 22.8 Å². The first-order valence-electron chi connectivity index (χ1n) is 7.63. The molecule has 1 aromatic carbocycles. The normalized spacial score (nSPS) is 11.0. The minimum Gasteiger partial charge on any atom is -0.497 e. The van der Waals surface area contributed by atoms with E-state index in [-0.39, 0.29) is 0 Å². The van der Waals surface area contributed by atoms with Crippen LogP contribution in [0.2, 0.25) is 0 Å². The molecule has 0 spiro atoms. The fourth-order valence-corrected chi connectivity index (χ4v) is 3.57. The molecule has 130 valence electrons. The van der Waals surface area contributed by atoms with Gasteiger partial charge in [-0.05, 0) is 47.7 Å². The lowest BCUT2D eigenvalue weighted by molar-refractivity contribution is 0.415. The molecule has 0 saturated carbocycles. The lowest BCUT2D eigenvalue weighted by Crippen LogP contribution is -2.21. The van der Waals surface area contributed by atoms with E-state index in [2.05, 4.69) is 24.9 Å². The third-order valence-corrected chi connectivity index (χ3v) is 4.77. The van der Waals surface area contributed by atoms with Crippen LogP contribution in [0.1, 0.15) is 0 Å². The Kier molecular flexibility index (Phi) is 4.05. The van der Waals surface area contributed by atoms with Crippen LogP contribution in [0.3, 0.4) is 0 Å². The summed E-state index contributed by atoms with van der Waals surface area (Å²) >= 11 is 1.25. The molecule has 4 rings (SSSR count). The van der Waals surface area contributed by atoms with E-state index < -0.39 is 11.2 Å². The molecule has 0 radical (unpaired) electrons. The van der Waals surface area contributed by atoms with Gasteiger partial charge in [-0.1, -0.05) is 0 Å². The molecule has 26 heavy (non-hydrogen) atoms. The Balaban J connectivity index is 1.95. The van der Waals surface area contributed by atoms with Crippen LogP contribution in [0.4, 0.5) is 0 Å². The maximum atomic E-state index is 12.4. The van der Waals surface area contributed by atoms with Crippen molar-refractivity contribution in [1.82, 2.24) is 24.9 Å². The Morgan fingerprint density at radius 2 is 1.73 bits per heavy atom.